The normalized spacial score (nSPS) is 15.9. The first-order valence-corrected chi connectivity index (χ1v) is 10.8. The first-order chi connectivity index (χ1) is 15.6. The van der Waals surface area contributed by atoms with Crippen molar-refractivity contribution in [1.29, 1.82) is 0 Å². The predicted octanol–water partition coefficient (Wildman–Crippen LogP) is 4.69. The lowest BCUT2D eigenvalue weighted by Crippen LogP contribution is -2.18. The first-order valence-electron chi connectivity index (χ1n) is 10.8. The van der Waals surface area contributed by atoms with Crippen LogP contribution in [0.15, 0.2) is 48.9 Å². The van der Waals surface area contributed by atoms with Crippen LogP contribution in [0.3, 0.4) is 0 Å². The van der Waals surface area contributed by atoms with E-state index in [0.717, 1.165) is 58.8 Å². The van der Waals surface area contributed by atoms with E-state index in [1.807, 2.05) is 47.5 Å². The monoisotopic (exact) mass is 427 g/mol. The Morgan fingerprint density at radius 2 is 2.00 bits per heavy atom. The van der Waals surface area contributed by atoms with Gasteiger partial charge in [0.15, 0.2) is 5.82 Å². The van der Waals surface area contributed by atoms with Crippen molar-refractivity contribution in [3.05, 3.63) is 77.4 Å². The lowest BCUT2D eigenvalue weighted by atomic mass is 9.88. The number of aromatic nitrogens is 7. The molecule has 4 heterocycles. The van der Waals surface area contributed by atoms with E-state index in [2.05, 4.69) is 16.0 Å². The summed E-state index contributed by atoms with van der Waals surface area (Å²) in [5.41, 5.74) is 5.92. The number of nitrogens with one attached hydrogen (secondary N) is 1. The van der Waals surface area contributed by atoms with Gasteiger partial charge in [-0.15, -0.1) is 5.10 Å². The van der Waals surface area contributed by atoms with Crippen molar-refractivity contribution >= 4 is 11.0 Å². The number of hydrogen-bond acceptors (Lipinski definition) is 4. The quantitative estimate of drug-likeness (QED) is 0.453. The van der Waals surface area contributed by atoms with Crippen LogP contribution in [0.4, 0.5) is 4.39 Å². The highest BCUT2D eigenvalue weighted by Crippen LogP contribution is 2.35. The van der Waals surface area contributed by atoms with Crippen molar-refractivity contribution in [2.75, 3.05) is 0 Å². The van der Waals surface area contributed by atoms with Crippen molar-refractivity contribution in [1.82, 2.24) is 34.3 Å². The largest absolute Gasteiger partial charge is 0.335 e. The lowest BCUT2D eigenvalue weighted by molar-refractivity contribution is 0.445. The molecule has 0 radical (unpaired) electrons. The van der Waals surface area contributed by atoms with Crippen LogP contribution in [0.2, 0.25) is 0 Å². The number of benzene rings is 2. The van der Waals surface area contributed by atoms with E-state index >= 15 is 0 Å². The number of aryl methyl sites for hydroxylation is 3. The predicted molar refractivity (Wildman–Crippen MR) is 119 cm³/mol. The summed E-state index contributed by atoms with van der Waals surface area (Å²) < 4.78 is 17.6. The zero-order valence-electron chi connectivity index (χ0n) is 17.9. The molecule has 5 aromatic rings. The molecule has 0 spiro atoms. The lowest BCUT2D eigenvalue weighted by Gasteiger charge is -2.23. The van der Waals surface area contributed by atoms with Gasteiger partial charge in [-0.05, 0) is 68.1 Å². The number of rotatable bonds is 3. The highest BCUT2D eigenvalue weighted by molar-refractivity contribution is 5.80. The fraction of sp³-hybridized carbons (Fsp3) is 0.250. The summed E-state index contributed by atoms with van der Waals surface area (Å²) in [6, 6.07) is 11.1. The minimum Gasteiger partial charge on any atom is -0.335 e. The molecule has 1 atom stereocenters. The van der Waals surface area contributed by atoms with Gasteiger partial charge < -0.3 is 9.55 Å². The van der Waals surface area contributed by atoms with Crippen molar-refractivity contribution in [2.45, 2.75) is 39.2 Å². The van der Waals surface area contributed by atoms with Crippen molar-refractivity contribution in [3.8, 4) is 17.3 Å². The minimum absolute atomic E-state index is 0.103. The van der Waals surface area contributed by atoms with Crippen molar-refractivity contribution in [3.63, 3.8) is 0 Å². The van der Waals surface area contributed by atoms with Gasteiger partial charge >= 0.3 is 0 Å². The van der Waals surface area contributed by atoms with Gasteiger partial charge in [0.05, 0.1) is 17.4 Å². The van der Waals surface area contributed by atoms with Crippen molar-refractivity contribution < 1.29 is 4.39 Å². The fourth-order valence-electron chi connectivity index (χ4n) is 4.66. The Bertz CT molecular complexity index is 1460. The van der Waals surface area contributed by atoms with Crippen LogP contribution in [0.25, 0.3) is 28.4 Å². The number of hydrogen-bond donors (Lipinski definition) is 1. The van der Waals surface area contributed by atoms with Gasteiger partial charge in [0.25, 0.3) is 0 Å². The van der Waals surface area contributed by atoms with Gasteiger partial charge in [-0.3, -0.25) is 0 Å². The zero-order chi connectivity index (χ0) is 21.8. The van der Waals surface area contributed by atoms with Gasteiger partial charge in [-0.1, -0.05) is 6.07 Å². The molecule has 0 saturated heterocycles. The summed E-state index contributed by atoms with van der Waals surface area (Å²) in [4.78, 5) is 17.2. The molecule has 6 rings (SSSR count). The van der Waals surface area contributed by atoms with E-state index < -0.39 is 0 Å². The topological polar surface area (TPSA) is 77.2 Å². The highest BCUT2D eigenvalue weighted by Gasteiger charge is 2.28. The van der Waals surface area contributed by atoms with Crippen LogP contribution in [0.5, 0.6) is 0 Å². The summed E-state index contributed by atoms with van der Waals surface area (Å²) in [5, 5.41) is 4.75. The molecule has 1 N–H and O–H groups in total. The molecule has 3 aromatic heterocycles. The summed E-state index contributed by atoms with van der Waals surface area (Å²) in [6.45, 7) is 4.80. The van der Waals surface area contributed by atoms with E-state index in [4.69, 9.17) is 15.1 Å². The maximum Gasteiger partial charge on any atom is 0.217 e. The number of halogens is 1. The van der Waals surface area contributed by atoms with Gasteiger partial charge in [0.2, 0.25) is 5.82 Å². The Balaban J connectivity index is 1.39. The maximum absolute atomic E-state index is 13.6. The molecule has 7 nitrogen and oxygen atoms in total. The van der Waals surface area contributed by atoms with Crippen LogP contribution in [0.1, 0.15) is 41.4 Å². The first kappa shape index (κ1) is 18.9. The molecule has 1 unspecified atom stereocenters. The number of fused-ring (bicyclic) bond motifs is 2. The molecule has 1 aliphatic heterocycles. The van der Waals surface area contributed by atoms with E-state index in [1.165, 1.54) is 6.07 Å². The van der Waals surface area contributed by atoms with Gasteiger partial charge in [0, 0.05) is 30.0 Å². The Labute approximate surface area is 184 Å². The number of aromatic amines is 1. The summed E-state index contributed by atoms with van der Waals surface area (Å²) in [7, 11) is 0. The Kier molecular flexibility index (Phi) is 4.21. The molecule has 32 heavy (non-hydrogen) atoms. The summed E-state index contributed by atoms with van der Waals surface area (Å²) in [5.74, 6) is 2.04. The average Bonchev–Trinajstić information content (AvgIpc) is 3.50. The summed E-state index contributed by atoms with van der Waals surface area (Å²) in [6.07, 6.45) is 5.61. The molecule has 1 aliphatic rings. The molecule has 0 aliphatic carbocycles. The molecule has 8 heteroatoms. The van der Waals surface area contributed by atoms with Crippen LogP contribution < -0.4 is 0 Å². The summed E-state index contributed by atoms with van der Waals surface area (Å²) >= 11 is 0. The number of H-pyrrole nitrogens is 1. The SMILES string of the molecule is Cc1cc(F)ccc1C1CCCn2nc(-c3nc4ccc(-n5cncc5C)cc4[nH]3)nc21. The third-order valence-corrected chi connectivity index (χ3v) is 6.26. The number of imidazole rings is 2. The third-order valence-electron chi connectivity index (χ3n) is 6.26. The molecule has 0 bridgehead atoms. The molecular weight excluding hydrogens is 405 g/mol. The molecule has 0 amide bonds. The van der Waals surface area contributed by atoms with E-state index in [9.17, 15) is 4.39 Å². The molecular formula is C24H22FN7. The van der Waals surface area contributed by atoms with Crippen LogP contribution >= 0.6 is 0 Å². The van der Waals surface area contributed by atoms with Crippen LogP contribution in [-0.4, -0.2) is 34.3 Å². The fourth-order valence-corrected chi connectivity index (χ4v) is 4.66. The maximum atomic E-state index is 13.6. The van der Waals surface area contributed by atoms with Crippen molar-refractivity contribution in [2.24, 2.45) is 0 Å². The molecule has 0 saturated carbocycles. The highest BCUT2D eigenvalue weighted by atomic mass is 19.1. The number of nitrogens with zero attached hydrogens (tertiary/aromatic N) is 6. The second-order valence-corrected chi connectivity index (χ2v) is 8.40. The standard InChI is InChI=1S/C24H22FN7/c1-14-10-16(25)5-7-18(14)19-4-3-9-32-24(19)29-23(30-32)22-27-20-8-6-17(11-21(20)28-22)31-13-26-12-15(31)2/h5-8,10-13,19H,3-4,9H2,1-2H3,(H,27,28). The zero-order valence-corrected chi connectivity index (χ0v) is 17.9. The second kappa shape index (κ2) is 7.12. The average molecular weight is 427 g/mol. The molecule has 160 valence electrons. The van der Waals surface area contributed by atoms with E-state index in [-0.39, 0.29) is 11.7 Å². The van der Waals surface area contributed by atoms with Gasteiger partial charge in [0.1, 0.15) is 11.6 Å². The smallest absolute Gasteiger partial charge is 0.217 e. The van der Waals surface area contributed by atoms with Gasteiger partial charge in [-0.25, -0.2) is 24.0 Å². The Morgan fingerprint density at radius 3 is 2.81 bits per heavy atom. The third kappa shape index (κ3) is 3.02. The Morgan fingerprint density at radius 1 is 1.09 bits per heavy atom. The minimum atomic E-state index is -0.211. The van der Waals surface area contributed by atoms with Gasteiger partial charge in [-0.2, -0.15) is 0 Å². The van der Waals surface area contributed by atoms with Crippen LogP contribution in [0, 0.1) is 19.7 Å². The van der Waals surface area contributed by atoms with E-state index in [1.54, 1.807) is 12.4 Å². The second-order valence-electron chi connectivity index (χ2n) is 8.40. The van der Waals surface area contributed by atoms with E-state index in [0.29, 0.717) is 11.6 Å². The molecule has 0 fully saturated rings. The van der Waals surface area contributed by atoms with Crippen LogP contribution in [-0.2, 0) is 6.54 Å². The molecule has 2 aromatic carbocycles. The Hall–Kier alpha value is -3.81.